The Balaban J connectivity index is 1.52. The number of benzene rings is 1. The summed E-state index contributed by atoms with van der Waals surface area (Å²) in [6.45, 7) is 6.36. The number of likely N-dealkylation sites (tertiary alicyclic amines) is 1. The molecule has 27 heavy (non-hydrogen) atoms. The van der Waals surface area contributed by atoms with Crippen LogP contribution in [0, 0.1) is 5.92 Å². The van der Waals surface area contributed by atoms with Gasteiger partial charge in [0.1, 0.15) is 0 Å². The summed E-state index contributed by atoms with van der Waals surface area (Å²) in [5.74, 6) is 0.893. The average molecular weight is 370 g/mol. The summed E-state index contributed by atoms with van der Waals surface area (Å²) in [5, 5.41) is 4.67. The van der Waals surface area contributed by atoms with Crippen LogP contribution >= 0.6 is 0 Å². The zero-order valence-electron chi connectivity index (χ0n) is 16.4. The Kier molecular flexibility index (Phi) is 6.74. The van der Waals surface area contributed by atoms with Crippen LogP contribution in [0.15, 0.2) is 41.5 Å². The summed E-state index contributed by atoms with van der Waals surface area (Å²) < 4.78 is 7.16. The van der Waals surface area contributed by atoms with Crippen molar-refractivity contribution in [1.29, 1.82) is 0 Å². The second-order valence-electron chi connectivity index (χ2n) is 6.94. The molecular formula is C21H30N4O2. The summed E-state index contributed by atoms with van der Waals surface area (Å²) in [6.07, 6.45) is 4.79. The van der Waals surface area contributed by atoms with E-state index in [0.717, 1.165) is 57.9 Å². The highest BCUT2D eigenvalue weighted by Gasteiger charge is 2.26. The van der Waals surface area contributed by atoms with E-state index in [-0.39, 0.29) is 11.9 Å². The lowest BCUT2D eigenvalue weighted by molar-refractivity contribution is -0.146. The zero-order chi connectivity index (χ0) is 19.1. The van der Waals surface area contributed by atoms with E-state index in [1.165, 1.54) is 18.0 Å². The molecule has 1 aromatic carbocycles. The van der Waals surface area contributed by atoms with Gasteiger partial charge in [0.25, 0.3) is 0 Å². The summed E-state index contributed by atoms with van der Waals surface area (Å²) in [7, 11) is 1.47. The lowest BCUT2D eigenvalue weighted by Gasteiger charge is -2.33. The summed E-state index contributed by atoms with van der Waals surface area (Å²) in [6, 6.07) is 10.6. The number of hydrogen-bond acceptors (Lipinski definition) is 3. The van der Waals surface area contributed by atoms with Crippen LogP contribution < -0.4 is 5.32 Å². The number of aromatic nitrogens is 1. The molecule has 6 nitrogen and oxygen atoms in total. The maximum absolute atomic E-state index is 11.7. The molecule has 0 radical (unpaired) electrons. The number of guanidine groups is 1. The van der Waals surface area contributed by atoms with Crippen molar-refractivity contribution in [1.82, 2.24) is 14.8 Å². The van der Waals surface area contributed by atoms with Crippen LogP contribution in [0.2, 0.25) is 0 Å². The quantitative estimate of drug-likeness (QED) is 0.368. The van der Waals surface area contributed by atoms with Gasteiger partial charge in [0, 0.05) is 44.4 Å². The fourth-order valence-corrected chi connectivity index (χ4v) is 3.68. The predicted octanol–water partition coefficient (Wildman–Crippen LogP) is 2.88. The maximum atomic E-state index is 11.7. The van der Waals surface area contributed by atoms with Crippen LogP contribution in [-0.4, -0.2) is 54.7 Å². The fourth-order valence-electron chi connectivity index (χ4n) is 3.68. The molecule has 0 amide bonds. The lowest BCUT2D eigenvalue weighted by atomic mass is 9.97. The number of aliphatic imine (C=N–C) groups is 1. The molecule has 0 aliphatic carbocycles. The molecule has 1 aliphatic rings. The second-order valence-corrected chi connectivity index (χ2v) is 6.94. The van der Waals surface area contributed by atoms with Crippen molar-refractivity contribution in [2.75, 3.05) is 33.3 Å². The number of nitrogens with one attached hydrogen (secondary N) is 1. The largest absolute Gasteiger partial charge is 0.469 e. The molecule has 0 atom stereocenters. The minimum atomic E-state index is -0.0875. The van der Waals surface area contributed by atoms with Crippen molar-refractivity contribution in [3.05, 3.63) is 36.5 Å². The molecule has 0 saturated carbocycles. The van der Waals surface area contributed by atoms with Crippen molar-refractivity contribution >= 4 is 22.8 Å². The Morgan fingerprint density at radius 3 is 2.78 bits per heavy atom. The van der Waals surface area contributed by atoms with Gasteiger partial charge in [-0.1, -0.05) is 18.2 Å². The van der Waals surface area contributed by atoms with E-state index >= 15 is 0 Å². The van der Waals surface area contributed by atoms with E-state index in [9.17, 15) is 4.79 Å². The van der Waals surface area contributed by atoms with Gasteiger partial charge in [-0.25, -0.2) is 0 Å². The van der Waals surface area contributed by atoms with Crippen LogP contribution in [-0.2, 0) is 16.1 Å². The van der Waals surface area contributed by atoms with Crippen LogP contribution in [0.5, 0.6) is 0 Å². The van der Waals surface area contributed by atoms with E-state index in [1.807, 2.05) is 0 Å². The number of carbonyl (C=O) groups excluding carboxylic acids is 1. The third kappa shape index (κ3) is 4.81. The number of ether oxygens (including phenoxy) is 1. The van der Waals surface area contributed by atoms with Crippen molar-refractivity contribution < 1.29 is 9.53 Å². The van der Waals surface area contributed by atoms with Gasteiger partial charge in [-0.3, -0.25) is 9.79 Å². The first-order valence-electron chi connectivity index (χ1n) is 9.88. The van der Waals surface area contributed by atoms with Crippen molar-refractivity contribution in [2.24, 2.45) is 10.9 Å². The number of methoxy groups -OCH3 is 1. The number of hydrogen-bond donors (Lipinski definition) is 1. The van der Waals surface area contributed by atoms with Gasteiger partial charge < -0.3 is 19.5 Å². The minimum Gasteiger partial charge on any atom is -0.469 e. The number of para-hydroxylation sites is 1. The van der Waals surface area contributed by atoms with Gasteiger partial charge in [0.2, 0.25) is 0 Å². The van der Waals surface area contributed by atoms with E-state index in [0.29, 0.717) is 0 Å². The third-order valence-electron chi connectivity index (χ3n) is 5.16. The monoisotopic (exact) mass is 370 g/mol. The predicted molar refractivity (Wildman–Crippen MR) is 109 cm³/mol. The molecule has 0 unspecified atom stereocenters. The molecule has 0 bridgehead atoms. The summed E-state index contributed by atoms with van der Waals surface area (Å²) >= 11 is 0. The third-order valence-corrected chi connectivity index (χ3v) is 5.16. The summed E-state index contributed by atoms with van der Waals surface area (Å²) in [5.41, 5.74) is 1.28. The molecule has 1 aliphatic heterocycles. The zero-order valence-corrected chi connectivity index (χ0v) is 16.4. The van der Waals surface area contributed by atoms with E-state index in [4.69, 9.17) is 9.73 Å². The van der Waals surface area contributed by atoms with Crippen LogP contribution in [0.3, 0.4) is 0 Å². The Morgan fingerprint density at radius 1 is 1.26 bits per heavy atom. The highest BCUT2D eigenvalue weighted by Crippen LogP contribution is 2.19. The van der Waals surface area contributed by atoms with Crippen LogP contribution in [0.4, 0.5) is 0 Å². The van der Waals surface area contributed by atoms with Crippen LogP contribution in [0.1, 0.15) is 26.2 Å². The van der Waals surface area contributed by atoms with Gasteiger partial charge in [-0.15, -0.1) is 0 Å². The first kappa shape index (κ1) is 19.3. The standard InChI is InChI=1S/C21H30N4O2/c1-3-22-21(25-15-10-18(11-16-25)20(26)27-2)23-12-6-13-24-14-9-17-7-4-5-8-19(17)24/h4-5,7-9,14,18H,3,6,10-13,15-16H2,1-2H3,(H,22,23). The van der Waals surface area contributed by atoms with Gasteiger partial charge in [0.05, 0.1) is 13.0 Å². The number of carbonyl (C=O) groups is 1. The first-order chi connectivity index (χ1) is 13.2. The highest BCUT2D eigenvalue weighted by molar-refractivity contribution is 5.81. The molecule has 1 fully saturated rings. The molecule has 2 aromatic rings. The molecule has 3 rings (SSSR count). The Bertz CT molecular complexity index is 775. The normalized spacial score (nSPS) is 15.9. The summed E-state index contributed by atoms with van der Waals surface area (Å²) in [4.78, 5) is 18.8. The van der Waals surface area contributed by atoms with Gasteiger partial charge in [-0.2, -0.15) is 0 Å². The van der Waals surface area contributed by atoms with E-state index in [1.54, 1.807) is 0 Å². The molecular weight excluding hydrogens is 340 g/mol. The molecule has 146 valence electrons. The first-order valence-corrected chi connectivity index (χ1v) is 9.88. The van der Waals surface area contributed by atoms with Crippen molar-refractivity contribution in [3.63, 3.8) is 0 Å². The molecule has 1 aromatic heterocycles. The van der Waals surface area contributed by atoms with Crippen molar-refractivity contribution in [3.8, 4) is 0 Å². The second kappa shape index (κ2) is 9.44. The fraction of sp³-hybridized carbons (Fsp3) is 0.524. The number of fused-ring (bicyclic) bond motifs is 1. The van der Waals surface area contributed by atoms with Crippen LogP contribution in [0.25, 0.3) is 10.9 Å². The van der Waals surface area contributed by atoms with E-state index in [2.05, 4.69) is 58.2 Å². The molecule has 6 heteroatoms. The van der Waals surface area contributed by atoms with Gasteiger partial charge >= 0.3 is 5.97 Å². The molecule has 1 N–H and O–H groups in total. The topological polar surface area (TPSA) is 58.9 Å². The van der Waals surface area contributed by atoms with Crippen molar-refractivity contribution in [2.45, 2.75) is 32.7 Å². The number of esters is 1. The number of piperidine rings is 1. The Hall–Kier alpha value is -2.50. The Labute approximate surface area is 161 Å². The molecule has 2 heterocycles. The Morgan fingerprint density at radius 2 is 2.04 bits per heavy atom. The molecule has 1 saturated heterocycles. The SMILES string of the molecule is CCNC(=NCCCn1ccc2ccccc21)N1CCC(C(=O)OC)CC1. The highest BCUT2D eigenvalue weighted by atomic mass is 16.5. The van der Waals surface area contributed by atoms with Gasteiger partial charge in [0.15, 0.2) is 5.96 Å². The van der Waals surface area contributed by atoms with Gasteiger partial charge in [-0.05, 0) is 43.7 Å². The maximum Gasteiger partial charge on any atom is 0.308 e. The minimum absolute atomic E-state index is 0.0242. The number of nitrogens with zero attached hydrogens (tertiary/aromatic N) is 3. The average Bonchev–Trinajstić information content (AvgIpc) is 3.13. The number of rotatable bonds is 6. The molecule has 0 spiro atoms. The lowest BCUT2D eigenvalue weighted by Crippen LogP contribution is -2.46. The smallest absolute Gasteiger partial charge is 0.308 e. The number of aryl methyl sites for hydroxylation is 1. The van der Waals surface area contributed by atoms with E-state index < -0.39 is 0 Å².